The Bertz CT molecular complexity index is 458. The molecule has 2 aliphatic carbocycles. The third-order valence-electron chi connectivity index (χ3n) is 6.01. The summed E-state index contributed by atoms with van der Waals surface area (Å²) in [4.78, 5) is 14.1. The molecule has 0 spiro atoms. The summed E-state index contributed by atoms with van der Waals surface area (Å²) >= 11 is 0. The minimum Gasteiger partial charge on any atom is -0.390 e. The first-order chi connectivity index (χ1) is 10.8. The summed E-state index contributed by atoms with van der Waals surface area (Å²) in [6.07, 6.45) is 5.42. The predicted octanol–water partition coefficient (Wildman–Crippen LogP) is 0.352. The van der Waals surface area contributed by atoms with Crippen molar-refractivity contribution in [2.24, 2.45) is 5.92 Å². The van der Waals surface area contributed by atoms with Crippen molar-refractivity contribution in [1.82, 2.24) is 10.2 Å². The SMILES string of the molecule is CC1CC2(O)CCCC(NCC(=O)N3CCC[C@H]3C(O)O)(C1)C2. The number of carbonyl (C=O) groups excluding carboxylic acids is 1. The van der Waals surface area contributed by atoms with Crippen LogP contribution >= 0.6 is 0 Å². The van der Waals surface area contributed by atoms with E-state index in [2.05, 4.69) is 12.2 Å². The number of amides is 1. The molecule has 0 aromatic rings. The van der Waals surface area contributed by atoms with E-state index in [1.54, 1.807) is 4.90 Å². The molecule has 1 aliphatic heterocycles. The molecule has 0 aromatic carbocycles. The number of aliphatic hydroxyl groups is 3. The Morgan fingerprint density at radius 2 is 2.09 bits per heavy atom. The first kappa shape index (κ1) is 17.1. The molecule has 4 N–H and O–H groups in total. The summed E-state index contributed by atoms with van der Waals surface area (Å²) in [6, 6.07) is -0.477. The molecular weight excluding hydrogens is 296 g/mol. The van der Waals surface area contributed by atoms with Gasteiger partial charge in [0, 0.05) is 12.1 Å². The van der Waals surface area contributed by atoms with E-state index in [-0.39, 0.29) is 18.0 Å². The highest BCUT2D eigenvalue weighted by Crippen LogP contribution is 2.47. The van der Waals surface area contributed by atoms with Crippen molar-refractivity contribution in [3.63, 3.8) is 0 Å². The predicted molar refractivity (Wildman–Crippen MR) is 85.5 cm³/mol. The molecule has 4 atom stereocenters. The lowest BCUT2D eigenvalue weighted by atomic mass is 9.61. The summed E-state index contributed by atoms with van der Waals surface area (Å²) < 4.78 is 0. The van der Waals surface area contributed by atoms with Crippen LogP contribution in [-0.2, 0) is 4.79 Å². The van der Waals surface area contributed by atoms with Crippen LogP contribution in [0.5, 0.6) is 0 Å². The second-order valence-corrected chi connectivity index (χ2v) is 8.11. The molecule has 2 bridgehead atoms. The van der Waals surface area contributed by atoms with E-state index in [0.717, 1.165) is 44.9 Å². The van der Waals surface area contributed by atoms with Gasteiger partial charge in [-0.2, -0.15) is 0 Å². The second-order valence-electron chi connectivity index (χ2n) is 8.11. The Morgan fingerprint density at radius 3 is 2.83 bits per heavy atom. The van der Waals surface area contributed by atoms with Gasteiger partial charge in [0.25, 0.3) is 0 Å². The number of carbonyl (C=O) groups is 1. The van der Waals surface area contributed by atoms with Gasteiger partial charge in [0.05, 0.1) is 18.2 Å². The van der Waals surface area contributed by atoms with Crippen LogP contribution in [0.15, 0.2) is 0 Å². The monoisotopic (exact) mass is 326 g/mol. The molecule has 2 saturated carbocycles. The van der Waals surface area contributed by atoms with Gasteiger partial charge >= 0.3 is 0 Å². The van der Waals surface area contributed by atoms with Crippen LogP contribution in [-0.4, -0.2) is 62.7 Å². The number of likely N-dealkylation sites (tertiary alicyclic amines) is 1. The zero-order chi connectivity index (χ0) is 16.7. The average Bonchev–Trinajstić information content (AvgIpc) is 2.92. The maximum Gasteiger partial charge on any atom is 0.236 e. The summed E-state index contributed by atoms with van der Waals surface area (Å²) in [7, 11) is 0. The topological polar surface area (TPSA) is 93.0 Å². The molecule has 1 heterocycles. The van der Waals surface area contributed by atoms with Crippen molar-refractivity contribution in [3.05, 3.63) is 0 Å². The van der Waals surface area contributed by atoms with Crippen LogP contribution in [0, 0.1) is 5.92 Å². The van der Waals surface area contributed by atoms with Crippen LogP contribution in [0.4, 0.5) is 0 Å². The van der Waals surface area contributed by atoms with Gasteiger partial charge in [-0.1, -0.05) is 6.92 Å². The van der Waals surface area contributed by atoms with Gasteiger partial charge in [0.1, 0.15) is 0 Å². The van der Waals surface area contributed by atoms with Gasteiger partial charge < -0.3 is 25.5 Å². The van der Waals surface area contributed by atoms with E-state index in [9.17, 15) is 20.1 Å². The third-order valence-corrected chi connectivity index (χ3v) is 6.01. The van der Waals surface area contributed by atoms with E-state index < -0.39 is 17.9 Å². The van der Waals surface area contributed by atoms with E-state index in [4.69, 9.17) is 0 Å². The summed E-state index contributed by atoms with van der Waals surface area (Å²) in [6.45, 7) is 2.98. The Kier molecular flexibility index (Phi) is 4.71. The summed E-state index contributed by atoms with van der Waals surface area (Å²) in [5.74, 6) is 0.387. The molecule has 3 unspecified atom stereocenters. The van der Waals surface area contributed by atoms with Crippen molar-refractivity contribution >= 4 is 5.91 Å². The van der Waals surface area contributed by atoms with Crippen LogP contribution in [0.25, 0.3) is 0 Å². The van der Waals surface area contributed by atoms with E-state index in [1.165, 1.54) is 0 Å². The zero-order valence-corrected chi connectivity index (χ0v) is 14.0. The summed E-state index contributed by atoms with van der Waals surface area (Å²) in [5.41, 5.74) is -0.725. The second kappa shape index (κ2) is 6.31. The van der Waals surface area contributed by atoms with Crippen LogP contribution < -0.4 is 5.32 Å². The van der Waals surface area contributed by atoms with Crippen molar-refractivity contribution < 1.29 is 20.1 Å². The quantitative estimate of drug-likeness (QED) is 0.560. The fourth-order valence-electron chi connectivity index (χ4n) is 5.30. The molecule has 1 saturated heterocycles. The highest BCUT2D eigenvalue weighted by Gasteiger charge is 2.49. The van der Waals surface area contributed by atoms with Gasteiger partial charge in [0.2, 0.25) is 5.91 Å². The van der Waals surface area contributed by atoms with Gasteiger partial charge in [0.15, 0.2) is 6.29 Å². The van der Waals surface area contributed by atoms with E-state index in [1.807, 2.05) is 0 Å². The fourth-order valence-corrected chi connectivity index (χ4v) is 5.30. The van der Waals surface area contributed by atoms with Crippen LogP contribution in [0.2, 0.25) is 0 Å². The van der Waals surface area contributed by atoms with Gasteiger partial charge in [-0.3, -0.25) is 4.79 Å². The first-order valence-corrected chi connectivity index (χ1v) is 8.96. The fraction of sp³-hybridized carbons (Fsp3) is 0.941. The van der Waals surface area contributed by atoms with Gasteiger partial charge in [-0.25, -0.2) is 0 Å². The normalized spacial score (nSPS) is 40.7. The zero-order valence-electron chi connectivity index (χ0n) is 14.0. The number of hydrogen-bond acceptors (Lipinski definition) is 5. The molecule has 132 valence electrons. The Morgan fingerprint density at radius 1 is 1.30 bits per heavy atom. The number of rotatable bonds is 4. The van der Waals surface area contributed by atoms with Crippen molar-refractivity contribution in [3.8, 4) is 0 Å². The standard InChI is InChI=1S/C17H30N2O4/c1-12-8-16(5-3-6-17(23,9-12)11-16)18-10-14(20)19-7-2-4-13(19)15(21)22/h12-13,15,18,21-23H,2-11H2,1H3/t12?,13-,16?,17?/m0/s1. The highest BCUT2D eigenvalue weighted by molar-refractivity contribution is 5.79. The lowest BCUT2D eigenvalue weighted by molar-refractivity contribution is -0.143. The average molecular weight is 326 g/mol. The molecule has 3 aliphatic rings. The largest absolute Gasteiger partial charge is 0.390 e. The molecule has 1 amide bonds. The lowest BCUT2D eigenvalue weighted by Gasteiger charge is -2.52. The molecule has 0 aromatic heterocycles. The molecule has 0 radical (unpaired) electrons. The molecule has 23 heavy (non-hydrogen) atoms. The van der Waals surface area contributed by atoms with Gasteiger partial charge in [-0.05, 0) is 57.3 Å². The smallest absolute Gasteiger partial charge is 0.236 e. The van der Waals surface area contributed by atoms with E-state index in [0.29, 0.717) is 18.9 Å². The third kappa shape index (κ3) is 3.55. The molecule has 6 heteroatoms. The maximum atomic E-state index is 12.5. The first-order valence-electron chi connectivity index (χ1n) is 8.96. The number of hydrogen-bond donors (Lipinski definition) is 4. The van der Waals surface area contributed by atoms with Gasteiger partial charge in [-0.15, -0.1) is 0 Å². The van der Waals surface area contributed by atoms with Crippen molar-refractivity contribution in [2.75, 3.05) is 13.1 Å². The Labute approximate surface area is 137 Å². The molecule has 3 fully saturated rings. The molecular formula is C17H30N2O4. The van der Waals surface area contributed by atoms with E-state index >= 15 is 0 Å². The molecule has 6 nitrogen and oxygen atoms in total. The number of nitrogens with one attached hydrogen (secondary N) is 1. The lowest BCUT2D eigenvalue weighted by Crippen LogP contribution is -2.60. The van der Waals surface area contributed by atoms with Crippen molar-refractivity contribution in [1.29, 1.82) is 0 Å². The highest BCUT2D eigenvalue weighted by atomic mass is 16.5. The maximum absolute atomic E-state index is 12.5. The van der Waals surface area contributed by atoms with Crippen LogP contribution in [0.1, 0.15) is 58.3 Å². The molecule has 3 rings (SSSR count). The van der Waals surface area contributed by atoms with Crippen molar-refractivity contribution in [2.45, 2.75) is 81.8 Å². The number of fused-ring (bicyclic) bond motifs is 2. The Hall–Kier alpha value is -0.690. The minimum atomic E-state index is -1.46. The number of nitrogens with zero attached hydrogens (tertiary/aromatic N) is 1. The minimum absolute atomic E-state index is 0.0673. The summed E-state index contributed by atoms with van der Waals surface area (Å²) in [5, 5.41) is 33.0. The van der Waals surface area contributed by atoms with Crippen LogP contribution in [0.3, 0.4) is 0 Å². The Balaban J connectivity index is 1.62. The number of aliphatic hydroxyl groups excluding tert-OH is 1.